The molecule has 0 saturated carbocycles. The van der Waals surface area contributed by atoms with Gasteiger partial charge in [0.25, 0.3) is 0 Å². The van der Waals surface area contributed by atoms with Crippen LogP contribution in [-0.2, 0) is 19.5 Å². The van der Waals surface area contributed by atoms with Crippen molar-refractivity contribution in [3.8, 4) is 5.75 Å². The lowest BCUT2D eigenvalue weighted by Gasteiger charge is -2.23. The minimum atomic E-state index is -2.02. The maximum absolute atomic E-state index is 10.0. The van der Waals surface area contributed by atoms with Gasteiger partial charge in [-0.25, -0.2) is 0 Å². The van der Waals surface area contributed by atoms with E-state index >= 15 is 0 Å². The maximum Gasteiger partial charge on any atom is 0.219 e. The molecule has 0 aliphatic rings. The van der Waals surface area contributed by atoms with Crippen molar-refractivity contribution in [1.29, 1.82) is 0 Å². The van der Waals surface area contributed by atoms with E-state index in [4.69, 9.17) is 0 Å². The van der Waals surface area contributed by atoms with Crippen LogP contribution >= 0.6 is 0 Å². The average Bonchev–Trinajstić information content (AvgIpc) is 2.54. The second-order valence-corrected chi connectivity index (χ2v) is 7.51. The Hall–Kier alpha value is -1.22. The monoisotopic (exact) mass is 384 g/mol. The standard InChI is InChI=1S/C20H36N2O5/c1-4-5-6-7-8-9-10-18-15(13-21-19(2,24)25)11-17(23)12-16(18)14-22-20(3,26)27/h11-12,21-27H,4-10,13-14H2,1-3H3. The summed E-state index contributed by atoms with van der Waals surface area (Å²) in [5.41, 5.74) is 2.48. The maximum atomic E-state index is 10.0. The van der Waals surface area contributed by atoms with Crippen LogP contribution < -0.4 is 10.6 Å². The lowest BCUT2D eigenvalue weighted by molar-refractivity contribution is -0.171. The van der Waals surface area contributed by atoms with Crippen LogP contribution in [0.25, 0.3) is 0 Å². The first kappa shape index (κ1) is 23.8. The molecule has 0 aliphatic heterocycles. The molecule has 7 nitrogen and oxygen atoms in total. The number of aromatic hydroxyl groups is 1. The minimum absolute atomic E-state index is 0.0467. The van der Waals surface area contributed by atoms with Gasteiger partial charge in [0.1, 0.15) is 5.75 Å². The van der Waals surface area contributed by atoms with Crippen LogP contribution in [-0.4, -0.2) is 37.4 Å². The molecule has 1 aromatic carbocycles. The third-order valence-corrected chi connectivity index (χ3v) is 4.43. The van der Waals surface area contributed by atoms with Gasteiger partial charge in [-0.1, -0.05) is 39.0 Å². The van der Waals surface area contributed by atoms with Crippen LogP contribution in [0.2, 0.25) is 0 Å². The van der Waals surface area contributed by atoms with Crippen LogP contribution in [0.3, 0.4) is 0 Å². The SMILES string of the molecule is CCCCCCCCc1c(CNC(C)(O)O)cc(O)cc1CNC(C)(O)O. The second kappa shape index (κ2) is 10.9. The number of nitrogens with one attached hydrogen (secondary N) is 2. The van der Waals surface area contributed by atoms with Crippen molar-refractivity contribution < 1.29 is 25.5 Å². The minimum Gasteiger partial charge on any atom is -0.508 e. The van der Waals surface area contributed by atoms with E-state index in [0.29, 0.717) is 0 Å². The molecular weight excluding hydrogens is 348 g/mol. The third kappa shape index (κ3) is 10.6. The van der Waals surface area contributed by atoms with E-state index in [1.165, 1.54) is 39.5 Å². The van der Waals surface area contributed by atoms with E-state index in [-0.39, 0.29) is 18.8 Å². The van der Waals surface area contributed by atoms with E-state index in [1.807, 2.05) is 0 Å². The van der Waals surface area contributed by atoms with Crippen molar-refractivity contribution in [3.63, 3.8) is 0 Å². The molecule has 0 radical (unpaired) electrons. The highest BCUT2D eigenvalue weighted by Gasteiger charge is 2.19. The molecule has 27 heavy (non-hydrogen) atoms. The Kier molecular flexibility index (Phi) is 9.66. The fourth-order valence-corrected chi connectivity index (χ4v) is 3.02. The highest BCUT2D eigenvalue weighted by molar-refractivity contribution is 5.42. The summed E-state index contributed by atoms with van der Waals surface area (Å²) in [7, 11) is 0. The lowest BCUT2D eigenvalue weighted by Crippen LogP contribution is -2.42. The Balaban J connectivity index is 2.92. The van der Waals surface area contributed by atoms with Crippen LogP contribution in [0.5, 0.6) is 5.75 Å². The van der Waals surface area contributed by atoms with Gasteiger partial charge in [-0.15, -0.1) is 0 Å². The average molecular weight is 385 g/mol. The molecule has 0 bridgehead atoms. The Morgan fingerprint density at radius 3 is 1.67 bits per heavy atom. The van der Waals surface area contributed by atoms with Crippen molar-refractivity contribution >= 4 is 0 Å². The fraction of sp³-hybridized carbons (Fsp3) is 0.700. The first-order valence-electron chi connectivity index (χ1n) is 9.75. The van der Waals surface area contributed by atoms with E-state index < -0.39 is 11.8 Å². The van der Waals surface area contributed by atoms with Gasteiger partial charge in [-0.05, 0) is 41.7 Å². The lowest BCUT2D eigenvalue weighted by atomic mass is 9.94. The molecule has 0 unspecified atom stereocenters. The van der Waals surface area contributed by atoms with Gasteiger partial charge in [0, 0.05) is 26.9 Å². The van der Waals surface area contributed by atoms with E-state index in [1.54, 1.807) is 12.1 Å². The highest BCUT2D eigenvalue weighted by Crippen LogP contribution is 2.25. The Morgan fingerprint density at radius 2 is 1.22 bits per heavy atom. The fourth-order valence-electron chi connectivity index (χ4n) is 3.02. The molecule has 0 spiro atoms. The van der Waals surface area contributed by atoms with Crippen molar-refractivity contribution in [1.82, 2.24) is 10.6 Å². The summed E-state index contributed by atoms with van der Waals surface area (Å²) in [6, 6.07) is 3.21. The molecule has 156 valence electrons. The van der Waals surface area contributed by atoms with Gasteiger partial charge in [0.2, 0.25) is 11.8 Å². The number of hydrogen-bond acceptors (Lipinski definition) is 7. The zero-order valence-electron chi connectivity index (χ0n) is 16.8. The molecule has 0 saturated heterocycles. The van der Waals surface area contributed by atoms with E-state index in [9.17, 15) is 25.5 Å². The van der Waals surface area contributed by atoms with Gasteiger partial charge >= 0.3 is 0 Å². The van der Waals surface area contributed by atoms with Crippen molar-refractivity contribution in [2.24, 2.45) is 0 Å². The zero-order valence-corrected chi connectivity index (χ0v) is 16.8. The molecule has 0 aliphatic carbocycles. The van der Waals surface area contributed by atoms with Gasteiger partial charge in [0.05, 0.1) is 0 Å². The van der Waals surface area contributed by atoms with Crippen molar-refractivity contribution in [3.05, 3.63) is 28.8 Å². The smallest absolute Gasteiger partial charge is 0.219 e. The molecule has 7 N–H and O–H groups in total. The van der Waals surface area contributed by atoms with Gasteiger partial charge < -0.3 is 25.5 Å². The van der Waals surface area contributed by atoms with Crippen LogP contribution in [0.1, 0.15) is 76.0 Å². The summed E-state index contributed by atoms with van der Waals surface area (Å²) in [5, 5.41) is 53.3. The third-order valence-electron chi connectivity index (χ3n) is 4.43. The molecule has 7 heteroatoms. The summed E-state index contributed by atoms with van der Waals surface area (Å²) in [6.07, 6.45) is 7.66. The first-order valence-corrected chi connectivity index (χ1v) is 9.75. The Morgan fingerprint density at radius 1 is 0.778 bits per heavy atom. The topological polar surface area (TPSA) is 125 Å². The molecule has 1 aromatic rings. The van der Waals surface area contributed by atoms with Crippen LogP contribution in [0, 0.1) is 0 Å². The zero-order chi connectivity index (χ0) is 20.5. The first-order chi connectivity index (χ1) is 12.5. The molecular formula is C20H36N2O5. The van der Waals surface area contributed by atoms with Gasteiger partial charge in [-0.2, -0.15) is 0 Å². The molecule has 1 rings (SSSR count). The van der Waals surface area contributed by atoms with Gasteiger partial charge in [0.15, 0.2) is 0 Å². The molecule has 0 aromatic heterocycles. The van der Waals surface area contributed by atoms with Gasteiger partial charge in [-0.3, -0.25) is 10.6 Å². The van der Waals surface area contributed by atoms with Crippen LogP contribution in [0.4, 0.5) is 0 Å². The molecule has 0 amide bonds. The molecule has 0 heterocycles. The van der Waals surface area contributed by atoms with E-state index in [0.717, 1.165) is 36.0 Å². The Bertz CT molecular complexity index is 525. The summed E-state index contributed by atoms with van der Waals surface area (Å²) in [4.78, 5) is 0. The number of aliphatic hydroxyl groups is 4. The highest BCUT2D eigenvalue weighted by atomic mass is 16.5. The summed E-state index contributed by atoms with van der Waals surface area (Å²) in [5.74, 6) is -3.99. The number of rotatable bonds is 13. The molecule has 0 atom stereocenters. The van der Waals surface area contributed by atoms with E-state index in [2.05, 4.69) is 17.6 Å². The predicted octanol–water partition coefficient (Wildman–Crippen LogP) is 1.79. The number of hydrogen-bond donors (Lipinski definition) is 7. The Labute approximate surface area is 162 Å². The second-order valence-electron chi connectivity index (χ2n) is 7.51. The number of benzene rings is 1. The normalized spacial score (nSPS) is 12.6. The summed E-state index contributed by atoms with van der Waals surface area (Å²) >= 11 is 0. The van der Waals surface area contributed by atoms with Crippen LogP contribution in [0.15, 0.2) is 12.1 Å². The summed E-state index contributed by atoms with van der Waals surface area (Å²) < 4.78 is 0. The quantitative estimate of drug-likeness (QED) is 0.204. The number of unbranched alkanes of at least 4 members (excludes halogenated alkanes) is 5. The molecule has 0 fully saturated rings. The number of phenols is 1. The number of phenolic OH excluding ortho intramolecular Hbond substituents is 1. The summed E-state index contributed by atoms with van der Waals surface area (Å²) in [6.45, 7) is 4.99. The largest absolute Gasteiger partial charge is 0.508 e. The van der Waals surface area contributed by atoms with Crippen molar-refractivity contribution in [2.75, 3.05) is 0 Å². The predicted molar refractivity (Wildman–Crippen MR) is 105 cm³/mol. The van der Waals surface area contributed by atoms with Crippen molar-refractivity contribution in [2.45, 2.75) is 90.6 Å².